The Bertz CT molecular complexity index is 1260. The van der Waals surface area contributed by atoms with Crippen LogP contribution in [0.3, 0.4) is 0 Å². The van der Waals surface area contributed by atoms with Crippen molar-refractivity contribution < 1.29 is 14.3 Å². The highest BCUT2D eigenvalue weighted by Gasteiger charge is 2.22. The average Bonchev–Trinajstić information content (AvgIpc) is 2.90. The van der Waals surface area contributed by atoms with Crippen LogP contribution in [0.25, 0.3) is 0 Å². The molecule has 0 spiro atoms. The van der Waals surface area contributed by atoms with Gasteiger partial charge in [0.1, 0.15) is 5.75 Å². The number of piperazine rings is 1. The Labute approximate surface area is 228 Å². The minimum absolute atomic E-state index is 0.0246. The van der Waals surface area contributed by atoms with Crippen molar-refractivity contribution >= 4 is 68.1 Å². The van der Waals surface area contributed by atoms with Gasteiger partial charge in [0.25, 0.3) is 11.8 Å². The number of thiocarbonyl (C=S) groups is 1. The second-order valence-electron chi connectivity index (χ2n) is 8.09. The van der Waals surface area contributed by atoms with Crippen molar-refractivity contribution in [3.63, 3.8) is 0 Å². The molecule has 1 saturated heterocycles. The fourth-order valence-electron chi connectivity index (χ4n) is 3.84. The van der Waals surface area contributed by atoms with E-state index in [2.05, 4.69) is 31.5 Å². The van der Waals surface area contributed by atoms with Gasteiger partial charge in [-0.3, -0.25) is 14.9 Å². The van der Waals surface area contributed by atoms with Crippen LogP contribution in [0.15, 0.2) is 71.2 Å². The molecule has 0 aromatic heterocycles. The summed E-state index contributed by atoms with van der Waals surface area (Å²) in [6.07, 6.45) is 0. The number of methoxy groups -OCH3 is 1. The first kappa shape index (κ1) is 25.9. The van der Waals surface area contributed by atoms with E-state index in [1.807, 2.05) is 29.2 Å². The normalized spacial score (nSPS) is 13.2. The van der Waals surface area contributed by atoms with Crippen LogP contribution in [-0.2, 0) is 0 Å². The summed E-state index contributed by atoms with van der Waals surface area (Å²) in [6.45, 7) is 2.74. The molecule has 1 fully saturated rings. The van der Waals surface area contributed by atoms with Gasteiger partial charge in [-0.25, -0.2) is 0 Å². The van der Waals surface area contributed by atoms with Crippen LogP contribution in [-0.4, -0.2) is 55.1 Å². The third kappa shape index (κ3) is 6.34. The van der Waals surface area contributed by atoms with E-state index in [1.54, 1.807) is 49.6 Å². The highest BCUT2D eigenvalue weighted by atomic mass is 79.9. The molecule has 3 aromatic carbocycles. The highest BCUT2D eigenvalue weighted by molar-refractivity contribution is 9.10. The van der Waals surface area contributed by atoms with E-state index >= 15 is 0 Å². The number of carbonyl (C=O) groups is 2. The van der Waals surface area contributed by atoms with Gasteiger partial charge in [-0.2, -0.15) is 0 Å². The van der Waals surface area contributed by atoms with Crippen LogP contribution in [0.4, 0.5) is 11.4 Å². The topological polar surface area (TPSA) is 73.9 Å². The summed E-state index contributed by atoms with van der Waals surface area (Å²) in [7, 11) is 1.60. The Morgan fingerprint density at radius 3 is 2.28 bits per heavy atom. The molecule has 36 heavy (non-hydrogen) atoms. The molecule has 186 valence electrons. The summed E-state index contributed by atoms with van der Waals surface area (Å²) in [6, 6.07) is 20.0. The summed E-state index contributed by atoms with van der Waals surface area (Å²) in [5.74, 6) is 0.361. The van der Waals surface area contributed by atoms with E-state index in [0.29, 0.717) is 29.2 Å². The van der Waals surface area contributed by atoms with E-state index in [9.17, 15) is 9.59 Å². The average molecular weight is 588 g/mol. The summed E-state index contributed by atoms with van der Waals surface area (Å²) >= 11 is 14.7. The summed E-state index contributed by atoms with van der Waals surface area (Å²) in [5, 5.41) is 6.18. The molecule has 1 aliphatic heterocycles. The molecule has 10 heteroatoms. The van der Waals surface area contributed by atoms with Crippen LogP contribution in [0.5, 0.6) is 5.75 Å². The molecule has 0 saturated carbocycles. The molecule has 2 amide bonds. The van der Waals surface area contributed by atoms with Crippen LogP contribution in [0, 0.1) is 0 Å². The van der Waals surface area contributed by atoms with Crippen molar-refractivity contribution in [2.75, 3.05) is 43.5 Å². The Balaban J connectivity index is 1.28. The maximum atomic E-state index is 12.8. The lowest BCUT2D eigenvalue weighted by molar-refractivity contribution is 0.0746. The Kier molecular flexibility index (Phi) is 8.45. The molecule has 1 heterocycles. The Morgan fingerprint density at radius 1 is 0.972 bits per heavy atom. The van der Waals surface area contributed by atoms with Gasteiger partial charge in [-0.05, 0) is 78.9 Å². The van der Waals surface area contributed by atoms with Crippen LogP contribution >= 0.6 is 39.7 Å². The predicted molar refractivity (Wildman–Crippen MR) is 150 cm³/mol. The Hall–Kier alpha value is -3.14. The zero-order valence-corrected chi connectivity index (χ0v) is 22.6. The molecule has 0 atom stereocenters. The first-order valence-corrected chi connectivity index (χ1v) is 12.8. The maximum absolute atomic E-state index is 12.8. The summed E-state index contributed by atoms with van der Waals surface area (Å²) in [5.41, 5.74) is 2.78. The molecule has 3 aromatic rings. The number of nitrogens with one attached hydrogen (secondary N) is 2. The van der Waals surface area contributed by atoms with Gasteiger partial charge in [0.2, 0.25) is 0 Å². The highest BCUT2D eigenvalue weighted by Crippen LogP contribution is 2.22. The van der Waals surface area contributed by atoms with Crippen LogP contribution < -0.4 is 20.3 Å². The fraction of sp³-hybridized carbons (Fsp3) is 0.192. The third-order valence-electron chi connectivity index (χ3n) is 5.79. The number of amides is 2. The number of nitrogens with zero attached hydrogens (tertiary/aromatic N) is 2. The molecular weight excluding hydrogens is 564 g/mol. The Morgan fingerprint density at radius 2 is 1.64 bits per heavy atom. The molecule has 0 bridgehead atoms. The second kappa shape index (κ2) is 11.7. The number of anilines is 2. The van der Waals surface area contributed by atoms with E-state index < -0.39 is 5.91 Å². The predicted octanol–water partition coefficient (Wildman–Crippen LogP) is 5.20. The quantitative estimate of drug-likeness (QED) is 0.400. The standard InChI is InChI=1S/C26H24BrClN4O3S/c1-35-21-9-2-17(3-10-21)25(34)32-14-12-31(13-15-32)20-7-5-19(6-8-20)29-26(36)30-24(33)22-16-18(27)4-11-23(22)28/h2-11,16H,12-15H2,1H3,(H2,29,30,33,36). The minimum Gasteiger partial charge on any atom is -0.497 e. The van der Waals surface area contributed by atoms with Crippen molar-refractivity contribution in [3.05, 3.63) is 87.4 Å². The van der Waals surface area contributed by atoms with Gasteiger partial charge < -0.3 is 19.9 Å². The van der Waals surface area contributed by atoms with E-state index in [4.69, 9.17) is 28.6 Å². The SMILES string of the molecule is COc1ccc(C(=O)N2CCN(c3ccc(NC(=S)NC(=O)c4cc(Br)ccc4Cl)cc3)CC2)cc1. The number of hydrogen-bond donors (Lipinski definition) is 2. The lowest BCUT2D eigenvalue weighted by atomic mass is 10.1. The number of carbonyl (C=O) groups excluding carboxylic acids is 2. The van der Waals surface area contributed by atoms with Crippen LogP contribution in [0.2, 0.25) is 5.02 Å². The van der Waals surface area contributed by atoms with Gasteiger partial charge in [0.05, 0.1) is 17.7 Å². The number of halogens is 2. The molecule has 2 N–H and O–H groups in total. The van der Waals surface area contributed by atoms with Crippen molar-refractivity contribution in [1.82, 2.24) is 10.2 Å². The van der Waals surface area contributed by atoms with Crippen molar-refractivity contribution in [1.29, 1.82) is 0 Å². The molecular formula is C26H24BrClN4O3S. The van der Waals surface area contributed by atoms with Crippen molar-refractivity contribution in [2.24, 2.45) is 0 Å². The summed E-state index contributed by atoms with van der Waals surface area (Å²) in [4.78, 5) is 29.4. The number of ether oxygens (including phenoxy) is 1. The van der Waals surface area contributed by atoms with Crippen LogP contribution in [0.1, 0.15) is 20.7 Å². The number of rotatable bonds is 5. The number of benzene rings is 3. The minimum atomic E-state index is -0.391. The van der Waals surface area contributed by atoms with E-state index in [0.717, 1.165) is 34.7 Å². The van der Waals surface area contributed by atoms with Crippen molar-refractivity contribution in [3.8, 4) is 5.75 Å². The van der Waals surface area contributed by atoms with Gasteiger partial charge in [0.15, 0.2) is 5.11 Å². The van der Waals surface area contributed by atoms with Gasteiger partial charge in [-0.15, -0.1) is 0 Å². The molecule has 0 aliphatic carbocycles. The van der Waals surface area contributed by atoms with Gasteiger partial charge in [-0.1, -0.05) is 27.5 Å². The molecule has 0 radical (unpaired) electrons. The first-order valence-electron chi connectivity index (χ1n) is 11.2. The molecule has 4 rings (SSSR count). The number of hydrogen-bond acceptors (Lipinski definition) is 5. The molecule has 1 aliphatic rings. The second-order valence-corrected chi connectivity index (χ2v) is 9.82. The van der Waals surface area contributed by atoms with Gasteiger partial charge in [0, 0.05) is 47.6 Å². The lowest BCUT2D eigenvalue weighted by Crippen LogP contribution is -2.48. The summed E-state index contributed by atoms with van der Waals surface area (Å²) < 4.78 is 5.91. The van der Waals surface area contributed by atoms with E-state index in [-0.39, 0.29) is 11.0 Å². The largest absolute Gasteiger partial charge is 0.497 e. The van der Waals surface area contributed by atoms with E-state index in [1.165, 1.54) is 0 Å². The lowest BCUT2D eigenvalue weighted by Gasteiger charge is -2.36. The monoisotopic (exact) mass is 586 g/mol. The fourth-order valence-corrected chi connectivity index (χ4v) is 4.62. The van der Waals surface area contributed by atoms with Crippen molar-refractivity contribution in [2.45, 2.75) is 0 Å². The smallest absolute Gasteiger partial charge is 0.258 e. The zero-order valence-electron chi connectivity index (χ0n) is 19.5. The first-order chi connectivity index (χ1) is 17.3. The zero-order chi connectivity index (χ0) is 25.7. The maximum Gasteiger partial charge on any atom is 0.258 e. The molecule has 0 unspecified atom stereocenters. The van der Waals surface area contributed by atoms with Gasteiger partial charge >= 0.3 is 0 Å². The molecule has 7 nitrogen and oxygen atoms in total. The third-order valence-corrected chi connectivity index (χ3v) is 6.82.